The van der Waals surface area contributed by atoms with E-state index >= 15 is 0 Å². The summed E-state index contributed by atoms with van der Waals surface area (Å²) in [5.41, 5.74) is 3.74. The number of nitrogens with zero attached hydrogens (tertiary/aromatic N) is 2. The lowest BCUT2D eigenvalue weighted by atomic mass is 10.3. The molecule has 8 heteroatoms. The van der Waals surface area contributed by atoms with Crippen molar-refractivity contribution in [2.75, 3.05) is 5.73 Å². The van der Waals surface area contributed by atoms with E-state index in [9.17, 15) is 22.8 Å². The lowest BCUT2D eigenvalue weighted by Gasteiger charge is -2.09. The summed E-state index contributed by atoms with van der Waals surface area (Å²) in [5, 5.41) is 0. The zero-order valence-corrected chi connectivity index (χ0v) is 9.12. The minimum atomic E-state index is -4.30. The number of hydrogen-bond acceptors (Lipinski definition) is 3. The van der Waals surface area contributed by atoms with E-state index in [1.54, 1.807) is 0 Å². The van der Waals surface area contributed by atoms with Crippen LogP contribution < -0.4 is 17.0 Å². The van der Waals surface area contributed by atoms with Gasteiger partial charge in [0.05, 0.1) is 0 Å². The van der Waals surface area contributed by atoms with Gasteiger partial charge < -0.3 is 10.3 Å². The number of alkyl halides is 3. The molecular formula is C9H12F3N3O2. The number of rotatable bonds is 3. The molecule has 1 aromatic heterocycles. The third kappa shape index (κ3) is 3.36. The van der Waals surface area contributed by atoms with Crippen molar-refractivity contribution in [2.45, 2.75) is 25.6 Å². The Labute approximate surface area is 94.3 Å². The Kier molecular flexibility index (Phi) is 3.64. The van der Waals surface area contributed by atoms with Crippen LogP contribution in [-0.2, 0) is 13.6 Å². The van der Waals surface area contributed by atoms with Crippen LogP contribution >= 0.6 is 0 Å². The maximum Gasteiger partial charge on any atom is 0.389 e. The first-order chi connectivity index (χ1) is 7.72. The van der Waals surface area contributed by atoms with Crippen molar-refractivity contribution in [1.82, 2.24) is 9.13 Å². The topological polar surface area (TPSA) is 70.0 Å². The number of halogens is 3. The van der Waals surface area contributed by atoms with Gasteiger partial charge in [0.25, 0.3) is 5.56 Å². The molecule has 0 aliphatic heterocycles. The molecule has 0 aliphatic rings. The van der Waals surface area contributed by atoms with E-state index in [1.807, 2.05) is 0 Å². The molecule has 96 valence electrons. The number of aromatic nitrogens is 2. The molecule has 0 bridgehead atoms. The summed E-state index contributed by atoms with van der Waals surface area (Å²) in [4.78, 5) is 22.9. The fourth-order valence-corrected chi connectivity index (χ4v) is 1.39. The smallest absolute Gasteiger partial charge is 0.389 e. The lowest BCUT2D eigenvalue weighted by Crippen LogP contribution is -2.39. The highest BCUT2D eigenvalue weighted by atomic mass is 19.4. The molecule has 1 heterocycles. The van der Waals surface area contributed by atoms with Crippen LogP contribution in [0.15, 0.2) is 15.8 Å². The number of nitrogen functional groups attached to an aromatic ring is 1. The van der Waals surface area contributed by atoms with E-state index in [4.69, 9.17) is 5.73 Å². The number of aryl methyl sites for hydroxylation is 1. The number of anilines is 1. The van der Waals surface area contributed by atoms with Crippen LogP contribution in [0.1, 0.15) is 12.8 Å². The van der Waals surface area contributed by atoms with Crippen molar-refractivity contribution in [1.29, 1.82) is 0 Å². The molecule has 2 N–H and O–H groups in total. The van der Waals surface area contributed by atoms with Gasteiger partial charge in [0.1, 0.15) is 5.69 Å². The Balaban J connectivity index is 2.92. The van der Waals surface area contributed by atoms with E-state index in [-0.39, 0.29) is 18.7 Å². The molecule has 0 aromatic carbocycles. The molecule has 0 radical (unpaired) electrons. The largest absolute Gasteiger partial charge is 0.393 e. The highest BCUT2D eigenvalue weighted by molar-refractivity contribution is 5.30. The molecule has 0 saturated heterocycles. The minimum absolute atomic E-state index is 0.167. The Hall–Kier alpha value is -1.73. The van der Waals surface area contributed by atoms with Crippen molar-refractivity contribution >= 4 is 5.69 Å². The van der Waals surface area contributed by atoms with Gasteiger partial charge >= 0.3 is 11.9 Å². The van der Waals surface area contributed by atoms with Crippen molar-refractivity contribution in [2.24, 2.45) is 7.05 Å². The summed E-state index contributed by atoms with van der Waals surface area (Å²) in [7, 11) is 1.37. The second-order valence-corrected chi connectivity index (χ2v) is 3.65. The highest BCUT2D eigenvalue weighted by Gasteiger charge is 2.26. The van der Waals surface area contributed by atoms with Crippen LogP contribution in [0.3, 0.4) is 0 Å². The second kappa shape index (κ2) is 4.64. The highest BCUT2D eigenvalue weighted by Crippen LogP contribution is 2.21. The average Bonchev–Trinajstić information content (AvgIpc) is 2.19. The predicted octanol–water partition coefficient (Wildman–Crippen LogP) is 0.472. The quantitative estimate of drug-likeness (QED) is 0.849. The third-order valence-electron chi connectivity index (χ3n) is 2.20. The summed E-state index contributed by atoms with van der Waals surface area (Å²) in [6.07, 6.45) is -4.53. The van der Waals surface area contributed by atoms with Gasteiger partial charge in [-0.3, -0.25) is 9.36 Å². The molecule has 5 nitrogen and oxygen atoms in total. The molecule has 0 unspecified atom stereocenters. The summed E-state index contributed by atoms with van der Waals surface area (Å²) in [6.45, 7) is -0.296. The normalized spacial score (nSPS) is 11.8. The predicted molar refractivity (Wildman–Crippen MR) is 55.6 cm³/mol. The number of hydrogen-bond donors (Lipinski definition) is 1. The van der Waals surface area contributed by atoms with Gasteiger partial charge in [-0.05, 0) is 6.42 Å². The fourth-order valence-electron chi connectivity index (χ4n) is 1.39. The summed E-state index contributed by atoms with van der Waals surface area (Å²) >= 11 is 0. The zero-order valence-electron chi connectivity index (χ0n) is 9.12. The molecule has 1 aromatic rings. The van der Waals surface area contributed by atoms with E-state index in [0.717, 1.165) is 10.8 Å². The van der Waals surface area contributed by atoms with Gasteiger partial charge in [0.2, 0.25) is 0 Å². The molecule has 0 saturated carbocycles. The molecule has 0 fully saturated rings. The Morgan fingerprint density at radius 3 is 2.47 bits per heavy atom. The van der Waals surface area contributed by atoms with Crippen molar-refractivity contribution < 1.29 is 13.2 Å². The van der Waals surface area contributed by atoms with Crippen molar-refractivity contribution in [3.05, 3.63) is 27.0 Å². The van der Waals surface area contributed by atoms with Crippen molar-refractivity contribution in [3.8, 4) is 0 Å². The van der Waals surface area contributed by atoms with E-state index in [2.05, 4.69) is 0 Å². The van der Waals surface area contributed by atoms with Crippen LogP contribution in [0, 0.1) is 0 Å². The van der Waals surface area contributed by atoms with Crippen LogP contribution in [0.25, 0.3) is 0 Å². The Morgan fingerprint density at radius 2 is 1.94 bits per heavy atom. The first-order valence-corrected chi connectivity index (χ1v) is 4.85. The molecule has 1 rings (SSSR count). The molecule has 0 amide bonds. The Morgan fingerprint density at radius 1 is 1.35 bits per heavy atom. The first-order valence-electron chi connectivity index (χ1n) is 4.85. The molecule has 0 spiro atoms. The average molecular weight is 251 g/mol. The van der Waals surface area contributed by atoms with Crippen LogP contribution in [0.2, 0.25) is 0 Å². The van der Waals surface area contributed by atoms with Gasteiger partial charge in [0, 0.05) is 26.2 Å². The summed E-state index contributed by atoms with van der Waals surface area (Å²) < 4.78 is 37.5. The van der Waals surface area contributed by atoms with Gasteiger partial charge in [-0.15, -0.1) is 0 Å². The SMILES string of the molecule is Cn1cc(N)c(=O)n(CCCC(F)(F)F)c1=O. The maximum absolute atomic E-state index is 11.9. The van der Waals surface area contributed by atoms with Gasteiger partial charge in [-0.1, -0.05) is 0 Å². The zero-order chi connectivity index (χ0) is 13.2. The first kappa shape index (κ1) is 13.3. The van der Waals surface area contributed by atoms with Crippen molar-refractivity contribution in [3.63, 3.8) is 0 Å². The van der Waals surface area contributed by atoms with Gasteiger partial charge in [-0.2, -0.15) is 13.2 Å². The lowest BCUT2D eigenvalue weighted by molar-refractivity contribution is -0.135. The van der Waals surface area contributed by atoms with Crippen LogP contribution in [-0.4, -0.2) is 15.3 Å². The van der Waals surface area contributed by atoms with E-state index < -0.39 is 23.8 Å². The standard InChI is InChI=1S/C9H12F3N3O2/c1-14-5-6(13)7(16)15(8(14)17)4-2-3-9(10,11)12/h5H,2-4,13H2,1H3. The summed E-state index contributed by atoms with van der Waals surface area (Å²) in [5.74, 6) is 0. The van der Waals surface area contributed by atoms with Crippen LogP contribution in [0.5, 0.6) is 0 Å². The Bertz CT molecular complexity index is 481. The molecular weight excluding hydrogens is 239 g/mol. The minimum Gasteiger partial charge on any atom is -0.393 e. The summed E-state index contributed by atoms with van der Waals surface area (Å²) in [6, 6.07) is 0. The van der Waals surface area contributed by atoms with Gasteiger partial charge in [0.15, 0.2) is 0 Å². The maximum atomic E-state index is 11.9. The molecule has 0 aliphatic carbocycles. The third-order valence-corrected chi connectivity index (χ3v) is 2.20. The van der Waals surface area contributed by atoms with Gasteiger partial charge in [-0.25, -0.2) is 4.79 Å². The molecule has 17 heavy (non-hydrogen) atoms. The van der Waals surface area contributed by atoms with Crippen LogP contribution in [0.4, 0.5) is 18.9 Å². The fraction of sp³-hybridized carbons (Fsp3) is 0.556. The molecule has 0 atom stereocenters. The second-order valence-electron chi connectivity index (χ2n) is 3.65. The monoisotopic (exact) mass is 251 g/mol. The van der Waals surface area contributed by atoms with E-state index in [0.29, 0.717) is 4.57 Å². The number of nitrogens with two attached hydrogens (primary N) is 1. The van der Waals surface area contributed by atoms with E-state index in [1.165, 1.54) is 7.05 Å².